The minimum atomic E-state index is -0.918. The highest BCUT2D eigenvalue weighted by Gasteiger charge is 2.15. The molecule has 0 spiro atoms. The molecule has 7 heteroatoms. The second-order valence-electron chi connectivity index (χ2n) is 7.23. The highest BCUT2D eigenvalue weighted by molar-refractivity contribution is 6.05. The Bertz CT molecular complexity index is 1080. The summed E-state index contributed by atoms with van der Waals surface area (Å²) in [6.45, 7) is 2.08. The first-order valence-corrected chi connectivity index (χ1v) is 10.0. The Morgan fingerprint density at radius 3 is 2.48 bits per heavy atom. The number of halogens is 1. The number of hydrogen-bond acceptors (Lipinski definition) is 5. The molecule has 1 heterocycles. The monoisotopic (exact) mass is 419 g/mol. The summed E-state index contributed by atoms with van der Waals surface area (Å²) in [5.74, 6) is -1.53. The lowest BCUT2D eigenvalue weighted by atomic mass is 10.1. The summed E-state index contributed by atoms with van der Waals surface area (Å²) in [6.07, 6.45) is 3.53. The number of hydrogen-bond donors (Lipinski definition) is 2. The Kier molecular flexibility index (Phi) is 6.12. The molecule has 0 bridgehead atoms. The van der Waals surface area contributed by atoms with E-state index in [1.165, 1.54) is 18.9 Å². The average molecular weight is 419 g/mol. The van der Waals surface area contributed by atoms with Crippen LogP contribution in [0.4, 0.5) is 15.8 Å². The number of oxime groups is 1. The van der Waals surface area contributed by atoms with Gasteiger partial charge in [0.25, 0.3) is 5.91 Å². The third-order valence-corrected chi connectivity index (χ3v) is 5.04. The van der Waals surface area contributed by atoms with Crippen molar-refractivity contribution < 1.29 is 19.1 Å². The topological polar surface area (TPSA) is 74.2 Å². The smallest absolute Gasteiger partial charge is 0.255 e. The molecule has 6 nitrogen and oxygen atoms in total. The Balaban J connectivity index is 1.46. The number of benzene rings is 3. The van der Waals surface area contributed by atoms with Crippen molar-refractivity contribution in [3.05, 3.63) is 83.7 Å². The van der Waals surface area contributed by atoms with Gasteiger partial charge < -0.3 is 20.2 Å². The van der Waals surface area contributed by atoms with E-state index in [1.54, 1.807) is 24.3 Å². The summed E-state index contributed by atoms with van der Waals surface area (Å²) < 4.78 is 14.2. The minimum absolute atomic E-state index is 0.0328. The zero-order valence-electron chi connectivity index (χ0n) is 16.8. The molecular formula is C24H22FN3O3. The van der Waals surface area contributed by atoms with Gasteiger partial charge in [0, 0.05) is 35.6 Å². The van der Waals surface area contributed by atoms with E-state index in [0.717, 1.165) is 31.1 Å². The van der Waals surface area contributed by atoms with Gasteiger partial charge in [-0.3, -0.25) is 4.79 Å². The molecule has 1 amide bonds. The number of amides is 1. The van der Waals surface area contributed by atoms with Gasteiger partial charge in [-0.05, 0) is 61.4 Å². The normalized spacial score (nSPS) is 13.5. The van der Waals surface area contributed by atoms with Crippen molar-refractivity contribution in [2.45, 2.75) is 12.8 Å². The fourth-order valence-electron chi connectivity index (χ4n) is 3.41. The fraction of sp³-hybridized carbons (Fsp3) is 0.167. The summed E-state index contributed by atoms with van der Waals surface area (Å²) >= 11 is 0. The number of phenolic OH excluding ortho intramolecular Hbond substituents is 1. The average Bonchev–Trinajstić information content (AvgIpc) is 3.33. The molecule has 0 unspecified atom stereocenters. The molecule has 0 radical (unpaired) electrons. The molecule has 1 saturated heterocycles. The summed E-state index contributed by atoms with van der Waals surface area (Å²) in [4.78, 5) is 20.1. The van der Waals surface area contributed by atoms with Crippen LogP contribution in [0.15, 0.2) is 71.9 Å². The van der Waals surface area contributed by atoms with E-state index in [-0.39, 0.29) is 11.1 Å². The van der Waals surface area contributed by atoms with Crippen molar-refractivity contribution in [1.82, 2.24) is 0 Å². The van der Waals surface area contributed by atoms with Crippen molar-refractivity contribution in [2.75, 3.05) is 23.3 Å². The molecule has 4 rings (SSSR count). The maximum Gasteiger partial charge on any atom is 0.255 e. The van der Waals surface area contributed by atoms with Gasteiger partial charge in [0.05, 0.1) is 6.21 Å². The lowest BCUT2D eigenvalue weighted by molar-refractivity contribution is 0.102. The van der Waals surface area contributed by atoms with E-state index in [0.29, 0.717) is 11.4 Å². The van der Waals surface area contributed by atoms with Gasteiger partial charge in [0.15, 0.2) is 17.3 Å². The van der Waals surface area contributed by atoms with E-state index in [4.69, 9.17) is 4.84 Å². The predicted octanol–water partition coefficient (Wildman–Crippen LogP) is 4.80. The number of para-hydroxylation sites is 1. The molecule has 0 aromatic heterocycles. The lowest BCUT2D eigenvalue weighted by Gasteiger charge is -2.17. The molecule has 31 heavy (non-hydrogen) atoms. The van der Waals surface area contributed by atoms with Crippen LogP contribution in [-0.4, -0.2) is 30.3 Å². The Hall–Kier alpha value is -3.87. The maximum absolute atomic E-state index is 14.2. The third kappa shape index (κ3) is 5.01. The van der Waals surface area contributed by atoms with Crippen LogP contribution >= 0.6 is 0 Å². The van der Waals surface area contributed by atoms with Gasteiger partial charge in [-0.1, -0.05) is 23.4 Å². The molecular weight excluding hydrogens is 397 g/mol. The molecule has 1 aliphatic rings. The summed E-state index contributed by atoms with van der Waals surface area (Å²) in [7, 11) is 0. The molecule has 3 aromatic carbocycles. The van der Waals surface area contributed by atoms with Crippen LogP contribution in [0, 0.1) is 5.82 Å². The second-order valence-corrected chi connectivity index (χ2v) is 7.23. The quantitative estimate of drug-likeness (QED) is 0.445. The van der Waals surface area contributed by atoms with Crippen molar-refractivity contribution >= 4 is 23.5 Å². The summed E-state index contributed by atoms with van der Waals surface area (Å²) in [5.41, 5.74) is 1.80. The zero-order valence-corrected chi connectivity index (χ0v) is 16.8. The number of rotatable bonds is 6. The molecule has 1 fully saturated rings. The predicted molar refractivity (Wildman–Crippen MR) is 119 cm³/mol. The molecule has 0 aliphatic carbocycles. The largest absolute Gasteiger partial charge is 0.504 e. The van der Waals surface area contributed by atoms with Gasteiger partial charge in [0.2, 0.25) is 0 Å². The van der Waals surface area contributed by atoms with Crippen molar-refractivity contribution in [1.29, 1.82) is 0 Å². The van der Waals surface area contributed by atoms with E-state index < -0.39 is 17.5 Å². The van der Waals surface area contributed by atoms with Gasteiger partial charge in [-0.2, -0.15) is 0 Å². The van der Waals surface area contributed by atoms with Crippen LogP contribution in [-0.2, 0) is 0 Å². The number of nitrogens with one attached hydrogen (secondary N) is 1. The van der Waals surface area contributed by atoms with Crippen molar-refractivity contribution in [3.63, 3.8) is 0 Å². The van der Waals surface area contributed by atoms with E-state index in [1.807, 2.05) is 30.3 Å². The zero-order chi connectivity index (χ0) is 21.6. The van der Waals surface area contributed by atoms with Gasteiger partial charge in [-0.15, -0.1) is 0 Å². The van der Waals surface area contributed by atoms with Crippen LogP contribution in [0.2, 0.25) is 0 Å². The Morgan fingerprint density at radius 1 is 1.06 bits per heavy atom. The number of nitrogens with zero attached hydrogens (tertiary/aromatic N) is 2. The van der Waals surface area contributed by atoms with Crippen LogP contribution in [0.3, 0.4) is 0 Å². The molecule has 0 saturated carbocycles. The number of carbonyl (C=O) groups is 1. The molecule has 2 N–H and O–H groups in total. The minimum Gasteiger partial charge on any atom is -0.504 e. The van der Waals surface area contributed by atoms with E-state index in [2.05, 4.69) is 15.4 Å². The SMILES string of the molecule is O=C(Nc1ccc(N2CCCC2)cc1)c1cc(F)c(O)c(/C=N/Oc2ccccc2)c1. The maximum atomic E-state index is 14.2. The van der Waals surface area contributed by atoms with Gasteiger partial charge in [0.1, 0.15) is 0 Å². The lowest BCUT2D eigenvalue weighted by Crippen LogP contribution is -2.17. The van der Waals surface area contributed by atoms with Crippen LogP contribution in [0.1, 0.15) is 28.8 Å². The summed E-state index contributed by atoms with van der Waals surface area (Å²) in [6, 6.07) is 18.7. The third-order valence-electron chi connectivity index (χ3n) is 5.04. The van der Waals surface area contributed by atoms with Crippen LogP contribution < -0.4 is 15.1 Å². The summed E-state index contributed by atoms with van der Waals surface area (Å²) in [5, 5.41) is 16.5. The van der Waals surface area contributed by atoms with Gasteiger partial charge in [-0.25, -0.2) is 4.39 Å². The van der Waals surface area contributed by atoms with Gasteiger partial charge >= 0.3 is 0 Å². The number of anilines is 2. The number of carbonyl (C=O) groups excluding carboxylic acids is 1. The van der Waals surface area contributed by atoms with Crippen molar-refractivity contribution in [2.24, 2.45) is 5.16 Å². The van der Waals surface area contributed by atoms with E-state index >= 15 is 0 Å². The standard InChI is InChI=1S/C24H22FN3O3/c25-22-15-17(14-18(23(22)29)16-26-31-21-6-2-1-3-7-21)24(30)27-19-8-10-20(11-9-19)28-12-4-5-13-28/h1-3,6-11,14-16,29H,4-5,12-13H2,(H,27,30)/b26-16+. The number of phenols is 1. The van der Waals surface area contributed by atoms with Crippen LogP contribution in [0.25, 0.3) is 0 Å². The molecule has 1 aliphatic heterocycles. The highest BCUT2D eigenvalue weighted by atomic mass is 19.1. The molecule has 0 atom stereocenters. The van der Waals surface area contributed by atoms with E-state index in [9.17, 15) is 14.3 Å². The first-order valence-electron chi connectivity index (χ1n) is 10.0. The fourth-order valence-corrected chi connectivity index (χ4v) is 3.41. The number of aromatic hydroxyl groups is 1. The molecule has 3 aromatic rings. The first kappa shape index (κ1) is 20.4. The Morgan fingerprint density at radius 2 is 1.77 bits per heavy atom. The van der Waals surface area contributed by atoms with Crippen molar-refractivity contribution in [3.8, 4) is 11.5 Å². The molecule has 158 valence electrons. The second kappa shape index (κ2) is 9.30. The Labute approximate surface area is 179 Å². The highest BCUT2D eigenvalue weighted by Crippen LogP contribution is 2.24. The first-order chi connectivity index (χ1) is 15.1. The van der Waals surface area contributed by atoms with Crippen LogP contribution in [0.5, 0.6) is 11.5 Å².